The molecule has 0 saturated heterocycles. The van der Waals surface area contributed by atoms with E-state index in [9.17, 15) is 0 Å². The Labute approximate surface area is 58.4 Å². The zero-order valence-corrected chi connectivity index (χ0v) is 5.51. The van der Waals surface area contributed by atoms with E-state index in [1.54, 1.807) is 0 Å². The first-order valence-corrected chi connectivity index (χ1v) is 1.08. The Hall–Kier alpha value is 0.0300. The van der Waals surface area contributed by atoms with E-state index in [1.807, 2.05) is 0 Å². The summed E-state index contributed by atoms with van der Waals surface area (Å²) in [6, 6.07) is 1.52. The van der Waals surface area contributed by atoms with Crippen molar-refractivity contribution < 1.29 is 34.4 Å². The number of hydrogen-bond acceptors (Lipinski definition) is 2. The first-order chi connectivity index (χ1) is 2.41. The van der Waals surface area contributed by atoms with E-state index in [-0.39, 0.29) is 29.6 Å². The molecule has 26 valence electrons. The van der Waals surface area contributed by atoms with Crippen LogP contribution in [0.2, 0.25) is 0 Å². The predicted octanol–water partition coefficient (Wildman–Crippen LogP) is -3.08. The number of carbonyl (C=O) groups is 1. The first kappa shape index (κ1) is 9.39. The summed E-state index contributed by atoms with van der Waals surface area (Å²) in [6.45, 7) is 0. The number of hydrogen-bond donors (Lipinski definition) is 0. The van der Waals surface area contributed by atoms with Crippen molar-refractivity contribution in [3.63, 3.8) is 0 Å². The van der Waals surface area contributed by atoms with Crippen LogP contribution in [0.15, 0.2) is 0 Å². The van der Waals surface area contributed by atoms with Crippen LogP contribution in [0.4, 0.5) is 0 Å². The Balaban J connectivity index is 0. The van der Waals surface area contributed by atoms with Crippen LogP contribution in [0.1, 0.15) is 0 Å². The van der Waals surface area contributed by atoms with Gasteiger partial charge >= 0.3 is 29.6 Å². The van der Waals surface area contributed by atoms with E-state index in [0.29, 0.717) is 6.29 Å². The largest absolute Gasteiger partial charge is 1.00 e. The zero-order valence-electron chi connectivity index (χ0n) is 3.51. The summed E-state index contributed by atoms with van der Waals surface area (Å²) in [5.41, 5.74) is 0. The normalized spacial score (nSPS) is 3.83. The van der Waals surface area contributed by atoms with E-state index in [0.717, 1.165) is 6.42 Å². The van der Waals surface area contributed by atoms with Crippen LogP contribution in [-0.4, -0.2) is 6.29 Å². The molecule has 3 heteroatoms. The van der Waals surface area contributed by atoms with Gasteiger partial charge in [-0.3, -0.25) is 0 Å². The van der Waals surface area contributed by atoms with Gasteiger partial charge in [0.25, 0.3) is 0 Å². The van der Waals surface area contributed by atoms with Gasteiger partial charge < -0.3 is 4.79 Å². The molecule has 0 saturated carbocycles. The molecule has 0 radical (unpaired) electrons. The SMILES string of the molecule is N#C[CH-]C=O.[Na+]. The van der Waals surface area contributed by atoms with Crippen molar-refractivity contribution >= 4 is 6.29 Å². The molecule has 6 heavy (non-hydrogen) atoms. The smallest absolute Gasteiger partial charge is 0.337 e. The van der Waals surface area contributed by atoms with Gasteiger partial charge in [0.15, 0.2) is 0 Å². The fourth-order valence-corrected chi connectivity index (χ4v) is 0.0304. The summed E-state index contributed by atoms with van der Waals surface area (Å²) >= 11 is 0. The molecule has 0 aliphatic carbocycles. The maximum absolute atomic E-state index is 9.13. The molecule has 2 nitrogen and oxygen atoms in total. The molecule has 0 amide bonds. The Kier molecular flexibility index (Phi) is 13.9. The van der Waals surface area contributed by atoms with Crippen molar-refractivity contribution in [2.75, 3.05) is 0 Å². The van der Waals surface area contributed by atoms with Gasteiger partial charge in [-0.1, -0.05) is 6.07 Å². The van der Waals surface area contributed by atoms with E-state index < -0.39 is 0 Å². The van der Waals surface area contributed by atoms with Crippen LogP contribution in [0.5, 0.6) is 0 Å². The molecule has 0 spiro atoms. The molecular weight excluding hydrogens is 89.0 g/mol. The second-order valence-electron chi connectivity index (χ2n) is 0.432. The minimum absolute atomic E-state index is 0. The van der Waals surface area contributed by atoms with Gasteiger partial charge in [0.1, 0.15) is 0 Å². The number of carbonyl (C=O) groups excluding carboxylic acids is 1. The molecule has 0 unspecified atom stereocenters. The summed E-state index contributed by atoms with van der Waals surface area (Å²) in [6.07, 6.45) is 1.32. The fraction of sp³-hybridized carbons (Fsp3) is 0. The molecule has 0 heterocycles. The van der Waals surface area contributed by atoms with Crippen molar-refractivity contribution in [1.29, 1.82) is 5.26 Å². The third kappa shape index (κ3) is 8.98. The monoisotopic (exact) mass is 91.0 g/mol. The van der Waals surface area contributed by atoms with Gasteiger partial charge in [-0.05, 0) is 6.29 Å². The second-order valence-corrected chi connectivity index (χ2v) is 0.432. The average molecular weight is 91.0 g/mol. The van der Waals surface area contributed by atoms with Gasteiger partial charge in [0.2, 0.25) is 0 Å². The minimum Gasteiger partial charge on any atom is -0.337 e. The Morgan fingerprint density at radius 2 is 2.33 bits per heavy atom. The van der Waals surface area contributed by atoms with Crippen molar-refractivity contribution in [2.45, 2.75) is 0 Å². The second kappa shape index (κ2) is 8.90. The molecule has 0 atom stereocenters. The molecule has 0 aromatic carbocycles. The van der Waals surface area contributed by atoms with Crippen molar-refractivity contribution in [3.05, 3.63) is 6.42 Å². The van der Waals surface area contributed by atoms with Crippen LogP contribution in [0, 0.1) is 17.8 Å². The molecule has 0 rings (SSSR count). The topological polar surface area (TPSA) is 40.9 Å². The maximum Gasteiger partial charge on any atom is 1.00 e. The molecular formula is C3H2NNaO. The van der Waals surface area contributed by atoms with Gasteiger partial charge in [-0.2, -0.15) is 0 Å². The quantitative estimate of drug-likeness (QED) is 0.195. The fourth-order valence-electron chi connectivity index (χ4n) is 0.0304. The summed E-state index contributed by atoms with van der Waals surface area (Å²) in [5, 5.41) is 7.53. The maximum atomic E-state index is 9.13. The number of nitrogens with zero attached hydrogens (tertiary/aromatic N) is 1. The number of aldehydes is 1. The summed E-state index contributed by atoms with van der Waals surface area (Å²) in [7, 11) is 0. The zero-order chi connectivity index (χ0) is 4.12. The molecule has 0 N–H and O–H groups in total. The third-order valence-corrected chi connectivity index (χ3v) is 0.143. The van der Waals surface area contributed by atoms with Gasteiger partial charge in [-0.25, -0.2) is 11.7 Å². The standard InChI is InChI=1S/C3H2NO.Na/c4-2-1-3-5;/h1,3H;/q-1;+1. The van der Waals surface area contributed by atoms with Gasteiger partial charge in [0.05, 0.1) is 0 Å². The van der Waals surface area contributed by atoms with E-state index >= 15 is 0 Å². The van der Waals surface area contributed by atoms with Crippen LogP contribution in [0.3, 0.4) is 0 Å². The molecule has 0 aromatic heterocycles. The molecule has 0 fully saturated rings. The van der Waals surface area contributed by atoms with Crippen LogP contribution < -0.4 is 29.6 Å². The van der Waals surface area contributed by atoms with Crippen molar-refractivity contribution in [3.8, 4) is 6.07 Å². The molecule has 0 aromatic rings. The Morgan fingerprint density at radius 1 is 1.83 bits per heavy atom. The van der Waals surface area contributed by atoms with E-state index in [1.165, 1.54) is 6.07 Å². The minimum atomic E-state index is 0. The molecule has 0 aliphatic heterocycles. The Bertz CT molecular complexity index is 65.7. The van der Waals surface area contributed by atoms with E-state index in [4.69, 9.17) is 10.1 Å². The summed E-state index contributed by atoms with van der Waals surface area (Å²) < 4.78 is 0. The average Bonchev–Trinajstić information content (AvgIpc) is 1.41. The van der Waals surface area contributed by atoms with Crippen molar-refractivity contribution in [1.82, 2.24) is 0 Å². The van der Waals surface area contributed by atoms with Crippen LogP contribution in [0.25, 0.3) is 0 Å². The summed E-state index contributed by atoms with van der Waals surface area (Å²) in [4.78, 5) is 9.13. The first-order valence-electron chi connectivity index (χ1n) is 1.08. The molecule has 0 bridgehead atoms. The number of rotatable bonds is 1. The number of nitriles is 1. The Morgan fingerprint density at radius 3 is 2.33 bits per heavy atom. The van der Waals surface area contributed by atoms with Crippen LogP contribution in [-0.2, 0) is 4.79 Å². The predicted molar refractivity (Wildman–Crippen MR) is 16.0 cm³/mol. The van der Waals surface area contributed by atoms with E-state index in [2.05, 4.69) is 0 Å². The van der Waals surface area contributed by atoms with Gasteiger partial charge in [0, 0.05) is 0 Å². The van der Waals surface area contributed by atoms with Gasteiger partial charge in [-0.15, -0.1) is 0 Å². The third-order valence-electron chi connectivity index (χ3n) is 0.143. The van der Waals surface area contributed by atoms with Crippen molar-refractivity contribution in [2.24, 2.45) is 0 Å². The van der Waals surface area contributed by atoms with Crippen LogP contribution >= 0.6 is 0 Å². The summed E-state index contributed by atoms with van der Waals surface area (Å²) in [5.74, 6) is 0. The molecule has 0 aliphatic rings.